The lowest BCUT2D eigenvalue weighted by molar-refractivity contribution is -0.143. The zero-order chi connectivity index (χ0) is 16.2. The van der Waals surface area contributed by atoms with Gasteiger partial charge in [-0.25, -0.2) is 4.79 Å². The summed E-state index contributed by atoms with van der Waals surface area (Å²) in [6.07, 6.45) is 0. The number of nitrogens with one attached hydrogen (secondary N) is 1. The van der Waals surface area contributed by atoms with Gasteiger partial charge in [0.15, 0.2) is 6.04 Å². The third kappa shape index (κ3) is 2.85. The molecule has 1 heterocycles. The van der Waals surface area contributed by atoms with Gasteiger partial charge in [-0.2, -0.15) is 5.10 Å². The lowest BCUT2D eigenvalue weighted by atomic mass is 9.85. The second-order valence-corrected chi connectivity index (χ2v) is 5.21. The molecule has 1 N–H and O–H groups in total. The number of carbonyl (C=O) groups excluding carboxylic acids is 2. The molecule has 23 heavy (non-hydrogen) atoms. The minimum absolute atomic E-state index is 0.196. The molecule has 1 aliphatic rings. The Bertz CT molecular complexity index is 741. The van der Waals surface area contributed by atoms with E-state index in [0.29, 0.717) is 11.3 Å². The second-order valence-electron chi connectivity index (χ2n) is 5.21. The average Bonchev–Trinajstić information content (AvgIpc) is 3.07. The average molecular weight is 308 g/mol. The maximum absolute atomic E-state index is 12.8. The molecule has 0 unspecified atom stereocenters. The maximum atomic E-state index is 12.8. The van der Waals surface area contributed by atoms with Crippen molar-refractivity contribution in [3.05, 3.63) is 71.8 Å². The predicted octanol–water partition coefficient (Wildman–Crippen LogP) is 2.15. The summed E-state index contributed by atoms with van der Waals surface area (Å²) in [6, 6.07) is 17.6. The minimum atomic E-state index is -0.704. The Morgan fingerprint density at radius 1 is 1.00 bits per heavy atom. The SMILES string of the molecule is COC(=O)[C@@H]1NN=C(C(=O)c2ccccc2)[C@@H]1c1ccccc1. The van der Waals surface area contributed by atoms with E-state index in [-0.39, 0.29) is 5.78 Å². The first-order valence-corrected chi connectivity index (χ1v) is 7.28. The molecule has 0 saturated carbocycles. The van der Waals surface area contributed by atoms with Crippen LogP contribution < -0.4 is 5.43 Å². The minimum Gasteiger partial charge on any atom is -0.467 e. The van der Waals surface area contributed by atoms with E-state index in [0.717, 1.165) is 5.56 Å². The van der Waals surface area contributed by atoms with Crippen LogP contribution in [0, 0.1) is 0 Å². The molecule has 5 heteroatoms. The van der Waals surface area contributed by atoms with Crippen LogP contribution in [0.2, 0.25) is 0 Å². The molecule has 0 saturated heterocycles. The number of methoxy groups -OCH3 is 1. The first-order chi connectivity index (χ1) is 11.2. The highest BCUT2D eigenvalue weighted by atomic mass is 16.5. The zero-order valence-electron chi connectivity index (χ0n) is 12.6. The maximum Gasteiger partial charge on any atom is 0.330 e. The molecule has 0 radical (unpaired) electrons. The Morgan fingerprint density at radius 2 is 1.61 bits per heavy atom. The largest absolute Gasteiger partial charge is 0.467 e. The first-order valence-electron chi connectivity index (χ1n) is 7.28. The summed E-state index contributed by atoms with van der Waals surface area (Å²) in [6.45, 7) is 0. The summed E-state index contributed by atoms with van der Waals surface area (Å²) >= 11 is 0. The molecule has 0 amide bonds. The number of hydrogen-bond donors (Lipinski definition) is 1. The van der Waals surface area contributed by atoms with Crippen molar-refractivity contribution in [1.82, 2.24) is 5.43 Å². The summed E-state index contributed by atoms with van der Waals surface area (Å²) in [4.78, 5) is 24.8. The number of rotatable bonds is 4. The highest BCUT2D eigenvalue weighted by Crippen LogP contribution is 2.28. The topological polar surface area (TPSA) is 67.8 Å². The lowest BCUT2D eigenvalue weighted by Gasteiger charge is -2.18. The second kappa shape index (κ2) is 6.44. The van der Waals surface area contributed by atoms with Crippen molar-refractivity contribution < 1.29 is 14.3 Å². The molecule has 2 aromatic carbocycles. The fourth-order valence-corrected chi connectivity index (χ4v) is 2.70. The molecule has 0 bridgehead atoms. The van der Waals surface area contributed by atoms with E-state index in [1.54, 1.807) is 24.3 Å². The number of nitrogens with zero attached hydrogens (tertiary/aromatic N) is 1. The van der Waals surface area contributed by atoms with E-state index < -0.39 is 17.9 Å². The van der Waals surface area contributed by atoms with Crippen molar-refractivity contribution in [2.24, 2.45) is 5.10 Å². The molecule has 3 rings (SSSR count). The number of ketones is 1. The quantitative estimate of drug-likeness (QED) is 0.694. The van der Waals surface area contributed by atoms with Crippen LogP contribution in [0.4, 0.5) is 0 Å². The number of carbonyl (C=O) groups is 2. The molecule has 1 aliphatic heterocycles. The van der Waals surface area contributed by atoms with Crippen molar-refractivity contribution in [1.29, 1.82) is 0 Å². The van der Waals surface area contributed by atoms with Gasteiger partial charge < -0.3 is 4.74 Å². The molecule has 0 aromatic heterocycles. The van der Waals surface area contributed by atoms with Crippen LogP contribution in [0.5, 0.6) is 0 Å². The molecule has 0 spiro atoms. The summed E-state index contributed by atoms with van der Waals surface area (Å²) in [7, 11) is 1.32. The van der Waals surface area contributed by atoms with Crippen molar-refractivity contribution >= 4 is 17.5 Å². The van der Waals surface area contributed by atoms with Crippen LogP contribution in [0.3, 0.4) is 0 Å². The van der Waals surface area contributed by atoms with Crippen molar-refractivity contribution in [2.75, 3.05) is 7.11 Å². The highest BCUT2D eigenvalue weighted by molar-refractivity contribution is 6.48. The number of hydrogen-bond acceptors (Lipinski definition) is 5. The van der Waals surface area contributed by atoms with Gasteiger partial charge in [0.1, 0.15) is 5.71 Å². The van der Waals surface area contributed by atoms with E-state index in [1.807, 2.05) is 36.4 Å². The summed E-state index contributed by atoms with van der Waals surface area (Å²) in [5, 5.41) is 4.14. The molecule has 116 valence electrons. The van der Waals surface area contributed by atoms with Crippen LogP contribution in [0.1, 0.15) is 21.8 Å². The van der Waals surface area contributed by atoms with Crippen molar-refractivity contribution in [3.8, 4) is 0 Å². The predicted molar refractivity (Wildman–Crippen MR) is 86.3 cm³/mol. The fraction of sp³-hybridized carbons (Fsp3) is 0.167. The Kier molecular flexibility index (Phi) is 4.19. The number of ether oxygens (including phenoxy) is 1. The molecule has 0 aliphatic carbocycles. The van der Waals surface area contributed by atoms with Crippen LogP contribution in [0.25, 0.3) is 0 Å². The number of benzene rings is 2. The third-order valence-corrected chi connectivity index (χ3v) is 3.83. The Morgan fingerprint density at radius 3 is 2.22 bits per heavy atom. The summed E-state index contributed by atoms with van der Waals surface area (Å²) in [5.41, 5.74) is 4.45. The van der Waals surface area contributed by atoms with Gasteiger partial charge in [-0.15, -0.1) is 0 Å². The fourth-order valence-electron chi connectivity index (χ4n) is 2.70. The first kappa shape index (κ1) is 15.0. The van der Waals surface area contributed by atoms with Crippen LogP contribution >= 0.6 is 0 Å². The van der Waals surface area contributed by atoms with Gasteiger partial charge in [0.05, 0.1) is 13.0 Å². The third-order valence-electron chi connectivity index (χ3n) is 3.83. The Hall–Kier alpha value is -2.95. The Labute approximate surface area is 134 Å². The summed E-state index contributed by atoms with van der Waals surface area (Å²) < 4.78 is 4.83. The van der Waals surface area contributed by atoms with E-state index in [4.69, 9.17) is 4.74 Å². The normalized spacial score (nSPS) is 19.6. The molecule has 2 aromatic rings. The van der Waals surface area contributed by atoms with E-state index in [1.165, 1.54) is 7.11 Å². The lowest BCUT2D eigenvalue weighted by Crippen LogP contribution is -2.38. The van der Waals surface area contributed by atoms with Crippen LogP contribution in [-0.4, -0.2) is 30.6 Å². The zero-order valence-corrected chi connectivity index (χ0v) is 12.6. The molecule has 0 fully saturated rings. The van der Waals surface area contributed by atoms with Gasteiger partial charge in [0.2, 0.25) is 5.78 Å². The Balaban J connectivity index is 1.99. The number of Topliss-reactive ketones (excluding diaryl/α,β-unsaturated/α-hetero) is 1. The van der Waals surface area contributed by atoms with Crippen LogP contribution in [-0.2, 0) is 9.53 Å². The monoisotopic (exact) mass is 308 g/mol. The smallest absolute Gasteiger partial charge is 0.330 e. The van der Waals surface area contributed by atoms with Crippen molar-refractivity contribution in [2.45, 2.75) is 12.0 Å². The molecule has 2 atom stereocenters. The molecule has 5 nitrogen and oxygen atoms in total. The number of hydrazone groups is 1. The van der Waals surface area contributed by atoms with Gasteiger partial charge in [0, 0.05) is 5.56 Å². The standard InChI is InChI=1S/C18H16N2O3/c1-23-18(22)16-14(12-8-4-2-5-9-12)15(19-20-16)17(21)13-10-6-3-7-11-13/h2-11,14,16,20H,1H3/t14-,16+/m0/s1. The molecular formula is C18H16N2O3. The van der Waals surface area contributed by atoms with Gasteiger partial charge in [-0.05, 0) is 5.56 Å². The van der Waals surface area contributed by atoms with Gasteiger partial charge in [0.25, 0.3) is 0 Å². The van der Waals surface area contributed by atoms with E-state index in [2.05, 4.69) is 10.5 Å². The molecular weight excluding hydrogens is 292 g/mol. The summed E-state index contributed by atoms with van der Waals surface area (Å²) in [5.74, 6) is -1.12. The van der Waals surface area contributed by atoms with Crippen LogP contribution in [0.15, 0.2) is 65.8 Å². The number of esters is 1. The van der Waals surface area contributed by atoms with E-state index in [9.17, 15) is 9.59 Å². The van der Waals surface area contributed by atoms with Gasteiger partial charge in [-0.1, -0.05) is 60.7 Å². The highest BCUT2D eigenvalue weighted by Gasteiger charge is 2.41. The van der Waals surface area contributed by atoms with Crippen molar-refractivity contribution in [3.63, 3.8) is 0 Å². The van der Waals surface area contributed by atoms with Gasteiger partial charge in [-0.3, -0.25) is 10.2 Å². The van der Waals surface area contributed by atoms with Gasteiger partial charge >= 0.3 is 5.97 Å². The van der Waals surface area contributed by atoms with E-state index >= 15 is 0 Å².